The molecule has 0 saturated heterocycles. The smallest absolute Gasteiger partial charge is 0.341 e. The number of carboxylic acid groups (broad SMARTS) is 1. The number of sulfonamides is 1. The summed E-state index contributed by atoms with van der Waals surface area (Å²) in [6, 6.07) is 9.72. The maximum absolute atomic E-state index is 12.4. The molecule has 27 heavy (non-hydrogen) atoms. The predicted molar refractivity (Wildman–Crippen MR) is 95.8 cm³/mol. The molecule has 0 aliphatic rings. The van der Waals surface area contributed by atoms with E-state index in [1.54, 1.807) is 31.3 Å². The molecule has 1 aromatic heterocycles. The summed E-state index contributed by atoms with van der Waals surface area (Å²) < 4.78 is 34.9. The van der Waals surface area contributed by atoms with E-state index in [4.69, 9.17) is 14.3 Å². The number of rotatable bonds is 9. The molecule has 1 amide bonds. The molecule has 2 aromatic rings. The topological polar surface area (TPSA) is 126 Å². The average Bonchev–Trinajstić information content (AvgIpc) is 3.07. The number of nitrogens with one attached hydrogen (secondary N) is 1. The van der Waals surface area contributed by atoms with Crippen LogP contribution in [0.4, 0.5) is 0 Å². The van der Waals surface area contributed by atoms with Gasteiger partial charge >= 0.3 is 5.97 Å². The van der Waals surface area contributed by atoms with Crippen LogP contribution in [0.5, 0.6) is 5.75 Å². The number of furan rings is 1. The number of hydrogen-bond acceptors (Lipinski definition) is 6. The molecule has 0 aliphatic carbocycles. The fourth-order valence-corrected chi connectivity index (χ4v) is 2.56. The highest BCUT2D eigenvalue weighted by Gasteiger charge is 2.17. The summed E-state index contributed by atoms with van der Waals surface area (Å²) in [7, 11) is -1.75. The zero-order valence-corrected chi connectivity index (χ0v) is 15.7. The molecule has 2 rings (SSSR count). The number of amides is 1. The van der Waals surface area contributed by atoms with Gasteiger partial charge in [-0.15, -0.1) is 0 Å². The third kappa shape index (κ3) is 6.76. The Morgan fingerprint density at radius 3 is 2.44 bits per heavy atom. The van der Waals surface area contributed by atoms with Crippen molar-refractivity contribution in [3.05, 3.63) is 53.5 Å². The van der Waals surface area contributed by atoms with Crippen LogP contribution in [0, 0.1) is 0 Å². The summed E-state index contributed by atoms with van der Waals surface area (Å²) >= 11 is 0. The lowest BCUT2D eigenvalue weighted by Gasteiger charge is -2.16. The maximum Gasteiger partial charge on any atom is 0.341 e. The lowest BCUT2D eigenvalue weighted by molar-refractivity contribution is -0.139. The van der Waals surface area contributed by atoms with Crippen molar-refractivity contribution in [3.63, 3.8) is 0 Å². The SMILES string of the molecule is CN(Cc1ccc(OCC(=O)O)cc1)C(=O)c1ccc(CNS(C)(=O)=O)o1. The van der Waals surface area contributed by atoms with Gasteiger partial charge in [-0.1, -0.05) is 12.1 Å². The first kappa shape index (κ1) is 20.5. The molecule has 0 aliphatic heterocycles. The second kappa shape index (κ2) is 8.69. The van der Waals surface area contributed by atoms with E-state index in [0.717, 1.165) is 11.8 Å². The minimum Gasteiger partial charge on any atom is -0.482 e. The first-order valence-corrected chi connectivity index (χ1v) is 9.75. The zero-order valence-electron chi connectivity index (χ0n) is 14.8. The van der Waals surface area contributed by atoms with Crippen LogP contribution in [-0.4, -0.2) is 50.2 Å². The Balaban J connectivity index is 1.93. The van der Waals surface area contributed by atoms with Gasteiger partial charge in [0.15, 0.2) is 12.4 Å². The van der Waals surface area contributed by atoms with Gasteiger partial charge in [-0.3, -0.25) is 4.79 Å². The van der Waals surface area contributed by atoms with Crippen molar-refractivity contribution in [1.82, 2.24) is 9.62 Å². The number of carbonyl (C=O) groups is 2. The standard InChI is InChI=1S/C17H20N2O7S/c1-19(10-12-3-5-13(6-4-12)25-11-16(20)21)17(22)15-8-7-14(26-15)9-18-27(2,23)24/h3-8,18H,9-11H2,1-2H3,(H,20,21). The van der Waals surface area contributed by atoms with Crippen molar-refractivity contribution in [2.75, 3.05) is 19.9 Å². The van der Waals surface area contributed by atoms with Gasteiger partial charge in [-0.05, 0) is 29.8 Å². The predicted octanol–water partition coefficient (Wildman–Crippen LogP) is 1.06. The Kier molecular flexibility index (Phi) is 6.59. The second-order valence-electron chi connectivity index (χ2n) is 5.85. The van der Waals surface area contributed by atoms with E-state index in [-0.39, 0.29) is 18.2 Å². The highest BCUT2D eigenvalue weighted by atomic mass is 32.2. The third-order valence-electron chi connectivity index (χ3n) is 3.43. The third-order valence-corrected chi connectivity index (χ3v) is 4.10. The molecular weight excluding hydrogens is 376 g/mol. The lowest BCUT2D eigenvalue weighted by atomic mass is 10.2. The molecule has 0 fully saturated rings. The Hall–Kier alpha value is -2.85. The molecule has 0 bridgehead atoms. The van der Waals surface area contributed by atoms with Gasteiger partial charge in [-0.25, -0.2) is 17.9 Å². The largest absolute Gasteiger partial charge is 0.482 e. The van der Waals surface area contributed by atoms with Gasteiger partial charge in [0.05, 0.1) is 12.8 Å². The van der Waals surface area contributed by atoms with E-state index in [2.05, 4.69) is 4.72 Å². The summed E-state index contributed by atoms with van der Waals surface area (Å²) in [6.07, 6.45) is 1.04. The summed E-state index contributed by atoms with van der Waals surface area (Å²) in [5.41, 5.74) is 0.819. The van der Waals surface area contributed by atoms with Crippen molar-refractivity contribution in [2.24, 2.45) is 0 Å². The van der Waals surface area contributed by atoms with Crippen molar-refractivity contribution < 1.29 is 32.3 Å². The Bertz CT molecular complexity index is 904. The summed E-state index contributed by atoms with van der Waals surface area (Å²) in [4.78, 5) is 24.3. The minimum atomic E-state index is -3.35. The van der Waals surface area contributed by atoms with E-state index < -0.39 is 22.6 Å². The summed E-state index contributed by atoms with van der Waals surface area (Å²) in [5, 5.41) is 8.58. The maximum atomic E-state index is 12.4. The number of aliphatic carboxylic acids is 1. The van der Waals surface area contributed by atoms with Crippen molar-refractivity contribution >= 4 is 21.9 Å². The number of carboxylic acids is 1. The molecule has 0 spiro atoms. The zero-order chi connectivity index (χ0) is 20.0. The molecule has 10 heteroatoms. The van der Waals surface area contributed by atoms with Crippen LogP contribution in [0.15, 0.2) is 40.8 Å². The number of nitrogens with zero attached hydrogens (tertiary/aromatic N) is 1. The fourth-order valence-electron chi connectivity index (χ4n) is 2.16. The van der Waals surface area contributed by atoms with Gasteiger partial charge < -0.3 is 19.2 Å². The van der Waals surface area contributed by atoms with Gasteiger partial charge in [0.1, 0.15) is 11.5 Å². The quantitative estimate of drug-likeness (QED) is 0.649. The molecule has 0 radical (unpaired) electrons. The van der Waals surface area contributed by atoms with Gasteiger partial charge in [-0.2, -0.15) is 0 Å². The molecule has 146 valence electrons. The Morgan fingerprint density at radius 1 is 1.19 bits per heavy atom. The lowest BCUT2D eigenvalue weighted by Crippen LogP contribution is -2.25. The van der Waals surface area contributed by atoms with Crippen molar-refractivity contribution in [2.45, 2.75) is 13.1 Å². The number of benzene rings is 1. The van der Waals surface area contributed by atoms with Crippen LogP contribution in [0.2, 0.25) is 0 Å². The van der Waals surface area contributed by atoms with Gasteiger partial charge in [0.25, 0.3) is 5.91 Å². The Morgan fingerprint density at radius 2 is 1.85 bits per heavy atom. The molecule has 1 aromatic carbocycles. The number of ether oxygens (including phenoxy) is 1. The van der Waals surface area contributed by atoms with Crippen LogP contribution in [-0.2, 0) is 27.9 Å². The van der Waals surface area contributed by atoms with Crippen LogP contribution in [0.3, 0.4) is 0 Å². The molecule has 1 heterocycles. The van der Waals surface area contributed by atoms with Crippen LogP contribution in [0.25, 0.3) is 0 Å². The van der Waals surface area contributed by atoms with E-state index in [1.807, 2.05) is 0 Å². The highest BCUT2D eigenvalue weighted by molar-refractivity contribution is 7.88. The normalized spacial score (nSPS) is 11.2. The fraction of sp³-hybridized carbons (Fsp3) is 0.294. The number of carbonyl (C=O) groups excluding carboxylic acids is 1. The van der Waals surface area contributed by atoms with Crippen LogP contribution >= 0.6 is 0 Å². The number of hydrogen-bond donors (Lipinski definition) is 2. The first-order valence-electron chi connectivity index (χ1n) is 7.86. The Labute approximate surface area is 156 Å². The molecule has 0 unspecified atom stereocenters. The van der Waals surface area contributed by atoms with Gasteiger partial charge in [0.2, 0.25) is 10.0 Å². The van der Waals surface area contributed by atoms with Crippen molar-refractivity contribution in [3.8, 4) is 5.75 Å². The second-order valence-corrected chi connectivity index (χ2v) is 7.68. The average molecular weight is 396 g/mol. The van der Waals surface area contributed by atoms with Gasteiger partial charge in [0, 0.05) is 13.6 Å². The van der Waals surface area contributed by atoms with Crippen LogP contribution in [0.1, 0.15) is 21.9 Å². The molecule has 0 saturated carbocycles. The summed E-state index contributed by atoms with van der Waals surface area (Å²) in [5.74, 6) is -0.564. The summed E-state index contributed by atoms with van der Waals surface area (Å²) in [6.45, 7) is -0.157. The minimum absolute atomic E-state index is 0.0341. The van der Waals surface area contributed by atoms with E-state index in [1.165, 1.54) is 17.0 Å². The van der Waals surface area contributed by atoms with Crippen molar-refractivity contribution in [1.29, 1.82) is 0 Å². The van der Waals surface area contributed by atoms with E-state index >= 15 is 0 Å². The van der Waals surface area contributed by atoms with Crippen LogP contribution < -0.4 is 9.46 Å². The molecular formula is C17H20N2O7S. The monoisotopic (exact) mass is 396 g/mol. The molecule has 2 N–H and O–H groups in total. The van der Waals surface area contributed by atoms with E-state index in [0.29, 0.717) is 18.1 Å². The molecule has 0 atom stereocenters. The highest BCUT2D eigenvalue weighted by Crippen LogP contribution is 2.15. The molecule has 9 nitrogen and oxygen atoms in total. The van der Waals surface area contributed by atoms with E-state index in [9.17, 15) is 18.0 Å². The first-order chi connectivity index (χ1) is 12.6.